The van der Waals surface area contributed by atoms with Crippen molar-refractivity contribution in [3.05, 3.63) is 36.2 Å². The van der Waals surface area contributed by atoms with Crippen LogP contribution in [0.15, 0.2) is 30.6 Å². The van der Waals surface area contributed by atoms with Crippen molar-refractivity contribution in [3.8, 4) is 5.82 Å². The first-order valence-electron chi connectivity index (χ1n) is 4.56. The van der Waals surface area contributed by atoms with E-state index in [1.165, 1.54) is 18.0 Å². The number of ether oxygens (including phenoxy) is 1. The number of nitrogen functional groups attached to an aromatic ring is 1. The fraction of sp³-hybridized carbons (Fsp3) is 0.100. The SMILES string of the molecule is COC(=O)c1ccnc(-n2ccc(N)n2)c1. The Balaban J connectivity index is 2.39. The predicted octanol–water partition coefficient (Wildman–Crippen LogP) is 0.636. The van der Waals surface area contributed by atoms with Crippen molar-refractivity contribution in [3.63, 3.8) is 0 Å². The van der Waals surface area contributed by atoms with Gasteiger partial charge in [0.05, 0.1) is 12.7 Å². The molecule has 0 saturated heterocycles. The number of nitrogens with two attached hydrogens (primary N) is 1. The lowest BCUT2D eigenvalue weighted by Gasteiger charge is -2.02. The van der Waals surface area contributed by atoms with Gasteiger partial charge in [0.15, 0.2) is 5.82 Å². The molecule has 0 unspecified atom stereocenters. The van der Waals surface area contributed by atoms with Crippen molar-refractivity contribution < 1.29 is 9.53 Å². The summed E-state index contributed by atoms with van der Waals surface area (Å²) in [5.41, 5.74) is 5.91. The van der Waals surface area contributed by atoms with Crippen LogP contribution in [-0.4, -0.2) is 27.8 Å². The molecule has 0 amide bonds. The van der Waals surface area contributed by atoms with Crippen LogP contribution in [0.1, 0.15) is 10.4 Å². The third-order valence-corrected chi connectivity index (χ3v) is 2.01. The summed E-state index contributed by atoms with van der Waals surface area (Å²) in [5.74, 6) is 0.494. The van der Waals surface area contributed by atoms with Gasteiger partial charge in [-0.15, -0.1) is 5.10 Å². The number of carbonyl (C=O) groups is 1. The lowest BCUT2D eigenvalue weighted by Crippen LogP contribution is -2.05. The van der Waals surface area contributed by atoms with Crippen molar-refractivity contribution in [2.24, 2.45) is 0 Å². The second-order valence-electron chi connectivity index (χ2n) is 3.08. The quantitative estimate of drug-likeness (QED) is 0.748. The zero-order chi connectivity index (χ0) is 11.5. The van der Waals surface area contributed by atoms with Gasteiger partial charge < -0.3 is 10.5 Å². The van der Waals surface area contributed by atoms with Crippen molar-refractivity contribution >= 4 is 11.8 Å². The zero-order valence-corrected chi connectivity index (χ0v) is 8.62. The Bertz CT molecular complexity index is 521. The standard InChI is InChI=1S/C10H10N4O2/c1-16-10(15)7-2-4-12-9(6-7)14-5-3-8(11)13-14/h2-6H,1H3,(H2,11,13). The van der Waals surface area contributed by atoms with Crippen LogP contribution < -0.4 is 5.73 Å². The summed E-state index contributed by atoms with van der Waals surface area (Å²) < 4.78 is 6.10. The summed E-state index contributed by atoms with van der Waals surface area (Å²) in [6, 6.07) is 4.80. The summed E-state index contributed by atoms with van der Waals surface area (Å²) in [4.78, 5) is 15.4. The van der Waals surface area contributed by atoms with E-state index in [-0.39, 0.29) is 0 Å². The Morgan fingerprint density at radius 3 is 2.94 bits per heavy atom. The molecule has 6 nitrogen and oxygen atoms in total. The number of nitrogens with zero attached hydrogens (tertiary/aromatic N) is 3. The van der Waals surface area contributed by atoms with E-state index in [0.717, 1.165) is 0 Å². The van der Waals surface area contributed by atoms with Crippen LogP contribution >= 0.6 is 0 Å². The number of rotatable bonds is 2. The number of hydrogen-bond acceptors (Lipinski definition) is 5. The molecule has 0 aliphatic carbocycles. The summed E-state index contributed by atoms with van der Waals surface area (Å²) in [7, 11) is 1.33. The minimum atomic E-state index is -0.413. The lowest BCUT2D eigenvalue weighted by molar-refractivity contribution is 0.0600. The molecule has 6 heteroatoms. The summed E-state index contributed by atoms with van der Waals surface area (Å²) in [6.45, 7) is 0. The minimum Gasteiger partial charge on any atom is -0.465 e. The van der Waals surface area contributed by atoms with E-state index in [1.807, 2.05) is 0 Å². The van der Waals surface area contributed by atoms with Crippen molar-refractivity contribution in [2.75, 3.05) is 12.8 Å². The number of aromatic nitrogens is 3. The molecular weight excluding hydrogens is 208 g/mol. The summed E-state index contributed by atoms with van der Waals surface area (Å²) >= 11 is 0. The fourth-order valence-electron chi connectivity index (χ4n) is 1.25. The molecule has 2 heterocycles. The Labute approximate surface area is 91.7 Å². The molecule has 0 bridgehead atoms. The molecular formula is C10H10N4O2. The van der Waals surface area contributed by atoms with Crippen LogP contribution in [-0.2, 0) is 4.74 Å². The van der Waals surface area contributed by atoms with Crippen molar-refractivity contribution in [1.29, 1.82) is 0 Å². The van der Waals surface area contributed by atoms with Crippen LogP contribution in [0.3, 0.4) is 0 Å². The molecule has 0 radical (unpaired) electrons. The Morgan fingerprint density at radius 1 is 1.50 bits per heavy atom. The monoisotopic (exact) mass is 218 g/mol. The number of carbonyl (C=O) groups excluding carboxylic acids is 1. The molecule has 16 heavy (non-hydrogen) atoms. The molecule has 0 fully saturated rings. The maximum atomic E-state index is 11.3. The van der Waals surface area contributed by atoms with E-state index in [9.17, 15) is 4.79 Å². The molecule has 82 valence electrons. The van der Waals surface area contributed by atoms with E-state index in [0.29, 0.717) is 17.2 Å². The van der Waals surface area contributed by atoms with Crippen LogP contribution in [0, 0.1) is 0 Å². The molecule has 2 rings (SSSR count). The summed E-state index contributed by atoms with van der Waals surface area (Å²) in [5, 5.41) is 3.99. The first-order valence-corrected chi connectivity index (χ1v) is 4.56. The molecule has 2 aromatic heterocycles. The summed E-state index contributed by atoms with van der Waals surface area (Å²) in [6.07, 6.45) is 3.18. The van der Waals surface area contributed by atoms with Gasteiger partial charge in [-0.25, -0.2) is 14.5 Å². The minimum absolute atomic E-state index is 0.394. The van der Waals surface area contributed by atoms with Crippen LogP contribution in [0.5, 0.6) is 0 Å². The smallest absolute Gasteiger partial charge is 0.338 e. The molecule has 0 aliphatic heterocycles. The van der Waals surface area contributed by atoms with Gasteiger partial charge in [-0.1, -0.05) is 0 Å². The largest absolute Gasteiger partial charge is 0.465 e. The van der Waals surface area contributed by atoms with Gasteiger partial charge in [0.1, 0.15) is 5.82 Å². The van der Waals surface area contributed by atoms with Crippen molar-refractivity contribution in [1.82, 2.24) is 14.8 Å². The van der Waals surface area contributed by atoms with E-state index >= 15 is 0 Å². The number of hydrogen-bond donors (Lipinski definition) is 1. The maximum Gasteiger partial charge on any atom is 0.338 e. The van der Waals surface area contributed by atoms with Gasteiger partial charge in [0.25, 0.3) is 0 Å². The molecule has 2 aromatic rings. The predicted molar refractivity (Wildman–Crippen MR) is 57.1 cm³/mol. The van der Waals surface area contributed by atoms with Crippen molar-refractivity contribution in [2.45, 2.75) is 0 Å². The maximum absolute atomic E-state index is 11.3. The van der Waals surface area contributed by atoms with Crippen LogP contribution in [0.4, 0.5) is 5.82 Å². The Kier molecular flexibility index (Phi) is 2.55. The van der Waals surface area contributed by atoms with E-state index in [2.05, 4.69) is 14.8 Å². The highest BCUT2D eigenvalue weighted by molar-refractivity contribution is 5.89. The topological polar surface area (TPSA) is 83.0 Å². The van der Waals surface area contributed by atoms with Gasteiger partial charge in [-0.3, -0.25) is 0 Å². The van der Waals surface area contributed by atoms with Gasteiger partial charge in [0.2, 0.25) is 0 Å². The molecule has 0 saturated carbocycles. The zero-order valence-electron chi connectivity index (χ0n) is 8.62. The normalized spacial score (nSPS) is 10.1. The third kappa shape index (κ3) is 1.85. The second-order valence-corrected chi connectivity index (χ2v) is 3.08. The first kappa shape index (κ1) is 10.2. The number of methoxy groups -OCH3 is 1. The number of anilines is 1. The first-order chi connectivity index (χ1) is 7.70. The number of pyridine rings is 1. The second kappa shape index (κ2) is 4.01. The fourth-order valence-corrected chi connectivity index (χ4v) is 1.25. The average Bonchev–Trinajstić information content (AvgIpc) is 2.75. The molecule has 0 atom stereocenters. The molecule has 0 aliphatic rings. The Morgan fingerprint density at radius 2 is 2.31 bits per heavy atom. The molecule has 0 spiro atoms. The van der Waals surface area contributed by atoms with Gasteiger partial charge in [-0.05, 0) is 12.1 Å². The molecule has 2 N–H and O–H groups in total. The highest BCUT2D eigenvalue weighted by atomic mass is 16.5. The highest BCUT2D eigenvalue weighted by Gasteiger charge is 2.07. The van der Waals surface area contributed by atoms with Gasteiger partial charge >= 0.3 is 5.97 Å². The Hall–Kier alpha value is -2.37. The number of esters is 1. The highest BCUT2D eigenvalue weighted by Crippen LogP contribution is 2.08. The lowest BCUT2D eigenvalue weighted by atomic mass is 10.2. The van der Waals surface area contributed by atoms with Crippen LogP contribution in [0.2, 0.25) is 0 Å². The third-order valence-electron chi connectivity index (χ3n) is 2.01. The van der Waals surface area contributed by atoms with Gasteiger partial charge in [-0.2, -0.15) is 0 Å². The van der Waals surface area contributed by atoms with E-state index < -0.39 is 5.97 Å². The van der Waals surface area contributed by atoms with E-state index in [1.54, 1.807) is 24.4 Å². The van der Waals surface area contributed by atoms with Crippen LogP contribution in [0.25, 0.3) is 5.82 Å². The van der Waals surface area contributed by atoms with Gasteiger partial charge in [0, 0.05) is 18.5 Å². The average molecular weight is 218 g/mol. The molecule has 0 aromatic carbocycles. The van der Waals surface area contributed by atoms with E-state index in [4.69, 9.17) is 5.73 Å².